The normalized spacial score (nSPS) is 11.1. The quantitative estimate of drug-likeness (QED) is 0.768. The molecule has 0 unspecified atom stereocenters. The van der Waals surface area contributed by atoms with Gasteiger partial charge in [-0.15, -0.1) is 6.58 Å². The summed E-state index contributed by atoms with van der Waals surface area (Å²) in [7, 11) is 1.87. The number of aryl methyl sites for hydroxylation is 2. The van der Waals surface area contributed by atoms with E-state index >= 15 is 0 Å². The first kappa shape index (κ1) is 13.2. The fourth-order valence-electron chi connectivity index (χ4n) is 1.62. The molecule has 4 nitrogen and oxygen atoms in total. The second kappa shape index (κ2) is 6.03. The molecule has 1 N–H and O–H groups in total. The van der Waals surface area contributed by atoms with Crippen LogP contribution in [0.2, 0.25) is 5.02 Å². The lowest BCUT2D eigenvalue weighted by Gasteiger charge is -2.19. The molecule has 0 aliphatic heterocycles. The Labute approximate surface area is 101 Å². The molecular weight excluding hydrogens is 226 g/mol. The SMILES string of the molecule is C=CCN(CCO)Cc1c(Cl)c(C)nn1C. The molecule has 0 bridgehead atoms. The predicted molar refractivity (Wildman–Crippen MR) is 65.5 cm³/mol. The summed E-state index contributed by atoms with van der Waals surface area (Å²) >= 11 is 6.16. The van der Waals surface area contributed by atoms with E-state index in [0.717, 1.165) is 17.9 Å². The van der Waals surface area contributed by atoms with E-state index in [1.165, 1.54) is 0 Å². The molecule has 0 aliphatic rings. The van der Waals surface area contributed by atoms with Crippen LogP contribution < -0.4 is 0 Å². The van der Waals surface area contributed by atoms with Gasteiger partial charge in [-0.05, 0) is 6.92 Å². The zero-order valence-electron chi connectivity index (χ0n) is 9.78. The number of nitrogens with zero attached hydrogens (tertiary/aromatic N) is 3. The van der Waals surface area contributed by atoms with Crippen molar-refractivity contribution < 1.29 is 5.11 Å². The van der Waals surface area contributed by atoms with Gasteiger partial charge in [0, 0.05) is 26.7 Å². The van der Waals surface area contributed by atoms with Gasteiger partial charge in [-0.2, -0.15) is 5.10 Å². The maximum atomic E-state index is 8.95. The van der Waals surface area contributed by atoms with Gasteiger partial charge in [-0.3, -0.25) is 9.58 Å². The van der Waals surface area contributed by atoms with Gasteiger partial charge in [0.05, 0.1) is 23.0 Å². The maximum Gasteiger partial charge on any atom is 0.0860 e. The van der Waals surface area contributed by atoms with E-state index in [1.807, 2.05) is 20.0 Å². The topological polar surface area (TPSA) is 41.3 Å². The number of halogens is 1. The fourth-order valence-corrected chi connectivity index (χ4v) is 1.84. The molecule has 0 saturated carbocycles. The molecule has 1 rings (SSSR count). The van der Waals surface area contributed by atoms with Gasteiger partial charge in [-0.1, -0.05) is 17.7 Å². The first-order chi connectivity index (χ1) is 7.60. The van der Waals surface area contributed by atoms with Crippen LogP contribution in [0.5, 0.6) is 0 Å². The van der Waals surface area contributed by atoms with Crippen molar-refractivity contribution in [3.63, 3.8) is 0 Å². The van der Waals surface area contributed by atoms with Gasteiger partial charge >= 0.3 is 0 Å². The molecule has 0 fully saturated rings. The Morgan fingerprint density at radius 3 is 2.75 bits per heavy atom. The standard InChI is InChI=1S/C11H18ClN3O/c1-4-5-15(6-7-16)8-10-11(12)9(2)13-14(10)3/h4,16H,1,5-8H2,2-3H3. The van der Waals surface area contributed by atoms with Gasteiger partial charge in [0.25, 0.3) is 0 Å². The summed E-state index contributed by atoms with van der Waals surface area (Å²) in [5.41, 5.74) is 1.80. The van der Waals surface area contributed by atoms with Crippen LogP contribution in [0.4, 0.5) is 0 Å². The predicted octanol–water partition coefficient (Wildman–Crippen LogP) is 1.36. The van der Waals surface area contributed by atoms with Crippen molar-refractivity contribution in [2.45, 2.75) is 13.5 Å². The highest BCUT2D eigenvalue weighted by atomic mass is 35.5. The smallest absolute Gasteiger partial charge is 0.0860 e. The third-order valence-electron chi connectivity index (χ3n) is 2.44. The highest BCUT2D eigenvalue weighted by Gasteiger charge is 2.13. The Morgan fingerprint density at radius 1 is 1.62 bits per heavy atom. The van der Waals surface area contributed by atoms with E-state index in [2.05, 4.69) is 16.6 Å². The highest BCUT2D eigenvalue weighted by Crippen LogP contribution is 2.20. The second-order valence-corrected chi connectivity index (χ2v) is 4.10. The van der Waals surface area contributed by atoms with Crippen molar-refractivity contribution in [3.8, 4) is 0 Å². The lowest BCUT2D eigenvalue weighted by Crippen LogP contribution is -2.27. The lowest BCUT2D eigenvalue weighted by molar-refractivity contribution is 0.200. The van der Waals surface area contributed by atoms with Crippen molar-refractivity contribution in [1.82, 2.24) is 14.7 Å². The molecule has 0 atom stereocenters. The summed E-state index contributed by atoms with van der Waals surface area (Å²) in [6.45, 7) is 7.70. The number of aromatic nitrogens is 2. The van der Waals surface area contributed by atoms with Crippen LogP contribution in [0.3, 0.4) is 0 Å². The van der Waals surface area contributed by atoms with Crippen molar-refractivity contribution in [1.29, 1.82) is 0 Å². The zero-order valence-corrected chi connectivity index (χ0v) is 10.5. The Hall–Kier alpha value is -0.840. The van der Waals surface area contributed by atoms with Crippen LogP contribution in [0.15, 0.2) is 12.7 Å². The first-order valence-electron chi connectivity index (χ1n) is 5.22. The molecule has 90 valence electrons. The number of hydrogen-bond donors (Lipinski definition) is 1. The summed E-state index contributed by atoms with van der Waals surface area (Å²) in [5, 5.41) is 13.9. The minimum absolute atomic E-state index is 0.127. The first-order valence-corrected chi connectivity index (χ1v) is 5.60. The molecule has 1 aromatic rings. The van der Waals surface area contributed by atoms with E-state index < -0.39 is 0 Å². The van der Waals surface area contributed by atoms with Crippen LogP contribution in [-0.4, -0.2) is 39.5 Å². The summed E-state index contributed by atoms with van der Waals surface area (Å²) in [4.78, 5) is 2.06. The van der Waals surface area contributed by atoms with Crippen LogP contribution in [0, 0.1) is 6.92 Å². The van der Waals surface area contributed by atoms with Crippen molar-refractivity contribution >= 4 is 11.6 Å². The van der Waals surface area contributed by atoms with Gasteiger partial charge in [0.1, 0.15) is 0 Å². The van der Waals surface area contributed by atoms with E-state index in [0.29, 0.717) is 18.1 Å². The maximum absolute atomic E-state index is 8.95. The summed E-state index contributed by atoms with van der Waals surface area (Å²) in [5.74, 6) is 0. The van der Waals surface area contributed by atoms with E-state index in [1.54, 1.807) is 4.68 Å². The number of hydrogen-bond acceptors (Lipinski definition) is 3. The second-order valence-electron chi connectivity index (χ2n) is 3.72. The van der Waals surface area contributed by atoms with Crippen LogP contribution in [0.25, 0.3) is 0 Å². The van der Waals surface area contributed by atoms with Crippen LogP contribution in [-0.2, 0) is 13.6 Å². The molecule has 0 saturated heterocycles. The zero-order chi connectivity index (χ0) is 12.1. The van der Waals surface area contributed by atoms with Gasteiger partial charge in [0.15, 0.2) is 0 Å². The minimum atomic E-state index is 0.127. The summed E-state index contributed by atoms with van der Waals surface area (Å²) in [6.07, 6.45) is 1.81. The van der Waals surface area contributed by atoms with E-state index in [-0.39, 0.29) is 6.61 Å². The fraction of sp³-hybridized carbons (Fsp3) is 0.545. The molecule has 16 heavy (non-hydrogen) atoms. The molecule has 0 aromatic carbocycles. The number of rotatable bonds is 6. The van der Waals surface area contributed by atoms with Crippen molar-refractivity contribution in [3.05, 3.63) is 29.1 Å². The van der Waals surface area contributed by atoms with Crippen LogP contribution in [0.1, 0.15) is 11.4 Å². The molecular formula is C11H18ClN3O. The van der Waals surface area contributed by atoms with Crippen molar-refractivity contribution in [2.24, 2.45) is 7.05 Å². The van der Waals surface area contributed by atoms with E-state index in [9.17, 15) is 0 Å². The lowest BCUT2D eigenvalue weighted by atomic mass is 10.3. The Morgan fingerprint density at radius 2 is 2.31 bits per heavy atom. The molecule has 1 heterocycles. The van der Waals surface area contributed by atoms with Gasteiger partial charge in [0.2, 0.25) is 0 Å². The Bertz CT molecular complexity index is 362. The molecule has 1 aromatic heterocycles. The Kier molecular flexibility index (Phi) is 4.99. The largest absolute Gasteiger partial charge is 0.395 e. The Balaban J connectivity index is 2.79. The number of aliphatic hydroxyl groups is 1. The van der Waals surface area contributed by atoms with Crippen molar-refractivity contribution in [2.75, 3.05) is 19.7 Å². The molecule has 0 amide bonds. The molecule has 0 aliphatic carbocycles. The third kappa shape index (κ3) is 3.07. The third-order valence-corrected chi connectivity index (χ3v) is 2.93. The molecule has 0 spiro atoms. The monoisotopic (exact) mass is 243 g/mol. The highest BCUT2D eigenvalue weighted by molar-refractivity contribution is 6.31. The van der Waals surface area contributed by atoms with E-state index in [4.69, 9.17) is 16.7 Å². The minimum Gasteiger partial charge on any atom is -0.395 e. The molecule has 0 radical (unpaired) electrons. The summed E-state index contributed by atoms with van der Waals surface area (Å²) < 4.78 is 1.78. The van der Waals surface area contributed by atoms with Gasteiger partial charge < -0.3 is 5.11 Å². The van der Waals surface area contributed by atoms with Crippen LogP contribution >= 0.6 is 11.6 Å². The molecule has 5 heteroatoms. The average molecular weight is 244 g/mol. The summed E-state index contributed by atoms with van der Waals surface area (Å²) in [6, 6.07) is 0. The number of aliphatic hydroxyl groups excluding tert-OH is 1. The average Bonchev–Trinajstić information content (AvgIpc) is 2.46. The van der Waals surface area contributed by atoms with Gasteiger partial charge in [-0.25, -0.2) is 0 Å².